The third kappa shape index (κ3) is 4.65. The van der Waals surface area contributed by atoms with Crippen LogP contribution < -0.4 is 15.4 Å². The van der Waals surface area contributed by atoms with Crippen LogP contribution in [0.15, 0.2) is 28.6 Å². The fraction of sp³-hybridized carbons (Fsp3) is 0.412. The molecule has 1 aliphatic carbocycles. The van der Waals surface area contributed by atoms with Crippen LogP contribution in [0.25, 0.3) is 0 Å². The van der Waals surface area contributed by atoms with Gasteiger partial charge in [-0.15, -0.1) is 10.2 Å². The highest BCUT2D eigenvalue weighted by Gasteiger charge is 2.42. The smallest absolute Gasteiger partial charge is 0.231 e. The number of ether oxygens (including phenoxy) is 1. The van der Waals surface area contributed by atoms with E-state index >= 15 is 0 Å². The second kappa shape index (κ2) is 7.93. The molecule has 26 heavy (non-hydrogen) atoms. The van der Waals surface area contributed by atoms with Crippen molar-refractivity contribution in [3.63, 3.8) is 0 Å². The summed E-state index contributed by atoms with van der Waals surface area (Å²) >= 11 is 2.69. The molecule has 1 aromatic heterocycles. The maximum Gasteiger partial charge on any atom is 0.231 e. The normalized spacial score (nSPS) is 15.6. The van der Waals surface area contributed by atoms with Gasteiger partial charge < -0.3 is 15.4 Å². The van der Waals surface area contributed by atoms with Crippen molar-refractivity contribution < 1.29 is 9.53 Å². The van der Waals surface area contributed by atoms with Gasteiger partial charge in [-0.25, -0.2) is 0 Å². The van der Waals surface area contributed by atoms with Crippen molar-refractivity contribution in [2.75, 3.05) is 18.2 Å². The summed E-state index contributed by atoms with van der Waals surface area (Å²) in [5.41, 5.74) is 0.116. The zero-order valence-corrected chi connectivity index (χ0v) is 16.1. The Morgan fingerprint density at radius 1 is 1.42 bits per heavy atom. The van der Waals surface area contributed by atoms with E-state index in [-0.39, 0.29) is 17.6 Å². The summed E-state index contributed by atoms with van der Waals surface area (Å²) in [6, 6.07) is 9.72. The molecule has 0 aliphatic heterocycles. The minimum Gasteiger partial charge on any atom is -0.497 e. The predicted molar refractivity (Wildman–Crippen MR) is 102 cm³/mol. The maximum absolute atomic E-state index is 12.1. The van der Waals surface area contributed by atoms with Gasteiger partial charge in [-0.2, -0.15) is 5.26 Å². The number of benzene rings is 1. The molecule has 1 atom stereocenters. The monoisotopic (exact) mass is 389 g/mol. The Labute approximate surface area is 160 Å². The molecule has 2 N–H and O–H groups in total. The molecule has 7 nitrogen and oxygen atoms in total. The number of thioether (sulfide) groups is 1. The summed E-state index contributed by atoms with van der Waals surface area (Å²) in [5, 5.41) is 24.1. The quantitative estimate of drug-likeness (QED) is 0.669. The lowest BCUT2D eigenvalue weighted by molar-refractivity contribution is -0.119. The van der Waals surface area contributed by atoms with Crippen molar-refractivity contribution >= 4 is 39.8 Å². The molecule has 3 rings (SSSR count). The van der Waals surface area contributed by atoms with Crippen LogP contribution >= 0.6 is 23.1 Å². The Kier molecular flexibility index (Phi) is 5.64. The minimum absolute atomic E-state index is 0.161. The third-order valence-electron chi connectivity index (χ3n) is 4.10. The van der Waals surface area contributed by atoms with E-state index in [4.69, 9.17) is 4.74 Å². The van der Waals surface area contributed by atoms with Crippen LogP contribution in [-0.2, 0) is 4.79 Å². The van der Waals surface area contributed by atoms with E-state index in [2.05, 4.69) is 26.9 Å². The van der Waals surface area contributed by atoms with Gasteiger partial charge >= 0.3 is 0 Å². The van der Waals surface area contributed by atoms with E-state index in [1.165, 1.54) is 23.1 Å². The van der Waals surface area contributed by atoms with Gasteiger partial charge in [-0.3, -0.25) is 4.79 Å². The van der Waals surface area contributed by atoms with Crippen molar-refractivity contribution in [1.82, 2.24) is 15.5 Å². The zero-order valence-electron chi connectivity index (χ0n) is 14.5. The topological polar surface area (TPSA) is 99.9 Å². The molecule has 0 saturated heterocycles. The van der Waals surface area contributed by atoms with Gasteiger partial charge in [-0.1, -0.05) is 23.1 Å². The fourth-order valence-electron chi connectivity index (χ4n) is 2.45. The number of nitrogens with zero attached hydrogens (tertiary/aromatic N) is 3. The van der Waals surface area contributed by atoms with Gasteiger partial charge in [0, 0.05) is 5.69 Å². The van der Waals surface area contributed by atoms with E-state index in [1.807, 2.05) is 24.3 Å². The number of methoxy groups -OCH3 is 1. The second-order valence-electron chi connectivity index (χ2n) is 6.15. The Bertz CT molecular complexity index is 813. The summed E-state index contributed by atoms with van der Waals surface area (Å²) in [5.74, 6) is 1.10. The van der Waals surface area contributed by atoms with Gasteiger partial charge in [0.1, 0.15) is 11.3 Å². The molecule has 1 heterocycles. The highest BCUT2D eigenvalue weighted by molar-refractivity contribution is 8.01. The van der Waals surface area contributed by atoms with E-state index < -0.39 is 5.54 Å². The van der Waals surface area contributed by atoms with Crippen LogP contribution in [0.1, 0.15) is 19.8 Å². The van der Waals surface area contributed by atoms with Gasteiger partial charge in [0.05, 0.1) is 18.9 Å². The maximum atomic E-state index is 12.1. The number of hydrogen-bond acceptors (Lipinski definition) is 8. The number of rotatable bonds is 8. The number of amides is 1. The molecule has 1 unspecified atom stereocenters. The van der Waals surface area contributed by atoms with E-state index in [9.17, 15) is 10.1 Å². The molecule has 0 radical (unpaired) electrons. The molecule has 0 bridgehead atoms. The van der Waals surface area contributed by atoms with Crippen molar-refractivity contribution in [3.05, 3.63) is 24.3 Å². The molecule has 0 spiro atoms. The molecule has 9 heteroatoms. The number of nitrogens with one attached hydrogen (secondary N) is 2. The third-order valence-corrected chi connectivity index (χ3v) is 6.07. The Hall–Kier alpha value is -2.31. The number of anilines is 2. The molecular formula is C17H19N5O2S2. The van der Waals surface area contributed by atoms with Crippen molar-refractivity contribution in [2.45, 2.75) is 29.6 Å². The van der Waals surface area contributed by atoms with Gasteiger partial charge in [-0.05, 0) is 49.9 Å². The molecule has 1 fully saturated rings. The molecule has 1 saturated carbocycles. The first-order chi connectivity index (χ1) is 12.5. The number of hydrogen-bond donors (Lipinski definition) is 2. The van der Waals surface area contributed by atoms with E-state index in [0.717, 1.165) is 24.3 Å². The van der Waals surface area contributed by atoms with E-state index in [0.29, 0.717) is 9.47 Å². The standard InChI is InChI=1S/C17H19N5O2S2/c1-17(10-18,11-3-4-11)20-14(23)9-25-16-22-21-15(26-16)19-12-5-7-13(24-2)8-6-12/h5-8,11H,3-4,9H2,1-2H3,(H,19,21)(H,20,23). The highest BCUT2D eigenvalue weighted by atomic mass is 32.2. The average Bonchev–Trinajstić information content (AvgIpc) is 3.42. The van der Waals surface area contributed by atoms with Crippen molar-refractivity contribution in [1.29, 1.82) is 5.26 Å². The highest BCUT2D eigenvalue weighted by Crippen LogP contribution is 2.39. The fourth-order valence-corrected chi connectivity index (χ4v) is 4.02. The van der Waals surface area contributed by atoms with Crippen molar-refractivity contribution in [3.8, 4) is 11.8 Å². The van der Waals surface area contributed by atoms with Crippen LogP contribution in [0.5, 0.6) is 5.75 Å². The van der Waals surface area contributed by atoms with Crippen LogP contribution in [0.4, 0.5) is 10.8 Å². The number of nitriles is 1. The molecule has 1 amide bonds. The predicted octanol–water partition coefficient (Wildman–Crippen LogP) is 3.19. The molecule has 2 aromatic rings. The number of aromatic nitrogens is 2. The molecular weight excluding hydrogens is 370 g/mol. The van der Waals surface area contributed by atoms with Crippen LogP contribution in [0.2, 0.25) is 0 Å². The van der Waals surface area contributed by atoms with Crippen LogP contribution in [0.3, 0.4) is 0 Å². The van der Waals surface area contributed by atoms with Crippen molar-refractivity contribution in [2.24, 2.45) is 5.92 Å². The lowest BCUT2D eigenvalue weighted by Crippen LogP contribution is -2.47. The second-order valence-corrected chi connectivity index (χ2v) is 8.35. The zero-order chi connectivity index (χ0) is 18.6. The van der Waals surface area contributed by atoms with Gasteiger partial charge in [0.25, 0.3) is 0 Å². The van der Waals surface area contributed by atoms with Crippen LogP contribution in [0, 0.1) is 17.2 Å². The Morgan fingerprint density at radius 2 is 2.15 bits per heavy atom. The molecule has 136 valence electrons. The molecule has 1 aromatic carbocycles. The first kappa shape index (κ1) is 18.5. The number of carbonyl (C=O) groups is 1. The van der Waals surface area contributed by atoms with Gasteiger partial charge in [0.2, 0.25) is 11.0 Å². The SMILES string of the molecule is COc1ccc(Nc2nnc(SCC(=O)NC(C)(C#N)C3CC3)s2)cc1. The average molecular weight is 390 g/mol. The van der Waals surface area contributed by atoms with Gasteiger partial charge in [0.15, 0.2) is 4.34 Å². The summed E-state index contributed by atoms with van der Waals surface area (Å²) in [6.45, 7) is 1.79. The first-order valence-corrected chi connectivity index (χ1v) is 9.92. The minimum atomic E-state index is -0.764. The summed E-state index contributed by atoms with van der Waals surface area (Å²) in [6.07, 6.45) is 1.99. The lowest BCUT2D eigenvalue weighted by Gasteiger charge is -2.22. The summed E-state index contributed by atoms with van der Waals surface area (Å²) < 4.78 is 5.82. The van der Waals surface area contributed by atoms with E-state index in [1.54, 1.807) is 14.0 Å². The van der Waals surface area contributed by atoms with Crippen LogP contribution in [-0.4, -0.2) is 34.5 Å². The Balaban J connectivity index is 1.50. The molecule has 1 aliphatic rings. The largest absolute Gasteiger partial charge is 0.497 e. The first-order valence-electron chi connectivity index (χ1n) is 8.12. The number of carbonyl (C=O) groups excluding carboxylic acids is 1. The summed E-state index contributed by atoms with van der Waals surface area (Å²) in [4.78, 5) is 12.1. The summed E-state index contributed by atoms with van der Waals surface area (Å²) in [7, 11) is 1.62. The Morgan fingerprint density at radius 3 is 2.77 bits per heavy atom. The lowest BCUT2D eigenvalue weighted by atomic mass is 9.98.